The Kier molecular flexibility index (Phi) is 8.39. The highest BCUT2D eigenvalue weighted by molar-refractivity contribution is 9.10. The highest BCUT2D eigenvalue weighted by Gasteiger charge is 2.29. The first-order valence-electron chi connectivity index (χ1n) is 11.9. The van der Waals surface area contributed by atoms with Gasteiger partial charge < -0.3 is 9.42 Å². The number of aryl methyl sites for hydroxylation is 1. The Morgan fingerprint density at radius 3 is 2.47 bits per heavy atom. The molecule has 11 heteroatoms. The molecule has 34 heavy (non-hydrogen) atoms. The van der Waals surface area contributed by atoms with Crippen molar-refractivity contribution < 1.29 is 17.7 Å². The maximum atomic E-state index is 12.9. The maximum absolute atomic E-state index is 12.9. The van der Waals surface area contributed by atoms with Gasteiger partial charge in [-0.2, -0.15) is 9.29 Å². The number of piperazine rings is 1. The van der Waals surface area contributed by atoms with Crippen LogP contribution in [0.2, 0.25) is 0 Å². The van der Waals surface area contributed by atoms with Gasteiger partial charge in [0.15, 0.2) is 5.82 Å². The number of aromatic nitrogens is 2. The summed E-state index contributed by atoms with van der Waals surface area (Å²) >= 11 is 3.34. The summed E-state index contributed by atoms with van der Waals surface area (Å²) in [7, 11) is -1.60. The molecule has 0 atom stereocenters. The summed E-state index contributed by atoms with van der Waals surface area (Å²) in [5.74, 6) is 1.15. The molecule has 2 fully saturated rings. The second-order valence-corrected chi connectivity index (χ2v) is 11.9. The van der Waals surface area contributed by atoms with E-state index in [1.165, 1.54) is 23.6 Å². The van der Waals surface area contributed by atoms with Crippen LogP contribution in [0, 0.1) is 0 Å². The standard InChI is InChI=1S/C23H32BrN5O4S/c1-27(19-5-3-2-4-6-19)23(30)12-11-22-25-21(26-33-22)17-28-13-15-29(16-14-28)34(31,32)20-9-7-18(24)8-10-20/h7-10,19H,2-6,11-17H2,1H3. The molecular formula is C23H32BrN5O4S. The van der Waals surface area contributed by atoms with Crippen molar-refractivity contribution in [2.45, 2.75) is 62.4 Å². The number of amides is 1. The molecule has 1 saturated heterocycles. The van der Waals surface area contributed by atoms with E-state index in [4.69, 9.17) is 4.52 Å². The molecule has 0 radical (unpaired) electrons. The number of hydrogen-bond donors (Lipinski definition) is 0. The molecule has 2 aliphatic rings. The first-order chi connectivity index (χ1) is 16.3. The minimum Gasteiger partial charge on any atom is -0.343 e. The molecule has 1 amide bonds. The molecule has 0 bridgehead atoms. The van der Waals surface area contributed by atoms with Crippen LogP contribution in [0.1, 0.15) is 50.2 Å². The van der Waals surface area contributed by atoms with E-state index in [0.29, 0.717) is 68.2 Å². The largest absolute Gasteiger partial charge is 0.343 e. The molecule has 4 rings (SSSR count). The summed E-state index contributed by atoms with van der Waals surface area (Å²) in [6.07, 6.45) is 6.62. The smallest absolute Gasteiger partial charge is 0.243 e. The molecule has 2 aromatic rings. The van der Waals surface area contributed by atoms with Crippen LogP contribution in [-0.2, 0) is 27.8 Å². The van der Waals surface area contributed by atoms with Gasteiger partial charge in [0, 0.05) is 56.6 Å². The Morgan fingerprint density at radius 2 is 1.79 bits per heavy atom. The van der Waals surface area contributed by atoms with Gasteiger partial charge in [-0.1, -0.05) is 40.3 Å². The van der Waals surface area contributed by atoms with Gasteiger partial charge in [0.25, 0.3) is 0 Å². The van der Waals surface area contributed by atoms with Gasteiger partial charge >= 0.3 is 0 Å². The van der Waals surface area contributed by atoms with Crippen molar-refractivity contribution in [2.75, 3.05) is 33.2 Å². The average Bonchev–Trinajstić information content (AvgIpc) is 3.30. The Morgan fingerprint density at radius 1 is 1.12 bits per heavy atom. The SMILES string of the molecule is CN(C(=O)CCc1nc(CN2CCN(S(=O)(=O)c3ccc(Br)cc3)CC2)no1)C1CCCCC1. The van der Waals surface area contributed by atoms with Crippen LogP contribution >= 0.6 is 15.9 Å². The van der Waals surface area contributed by atoms with Crippen molar-refractivity contribution in [2.24, 2.45) is 0 Å². The third kappa shape index (κ3) is 6.24. The number of hydrogen-bond acceptors (Lipinski definition) is 7. The zero-order valence-electron chi connectivity index (χ0n) is 19.5. The lowest BCUT2D eigenvalue weighted by Gasteiger charge is -2.33. The summed E-state index contributed by atoms with van der Waals surface area (Å²) < 4.78 is 33.4. The summed E-state index contributed by atoms with van der Waals surface area (Å²) in [5, 5.41) is 4.06. The van der Waals surface area contributed by atoms with Crippen molar-refractivity contribution in [3.05, 3.63) is 40.5 Å². The molecule has 0 N–H and O–H groups in total. The van der Waals surface area contributed by atoms with Gasteiger partial charge in [-0.25, -0.2) is 8.42 Å². The van der Waals surface area contributed by atoms with Crippen molar-refractivity contribution >= 4 is 31.9 Å². The van der Waals surface area contributed by atoms with Crippen molar-refractivity contribution in [3.63, 3.8) is 0 Å². The van der Waals surface area contributed by atoms with E-state index in [1.807, 2.05) is 11.9 Å². The fourth-order valence-corrected chi connectivity index (χ4v) is 6.29. The number of carbonyl (C=O) groups excluding carboxylic acids is 1. The number of halogens is 1. The van der Waals surface area contributed by atoms with Gasteiger partial charge in [0.1, 0.15) is 0 Å². The Balaban J connectivity index is 1.23. The molecule has 1 saturated carbocycles. The van der Waals surface area contributed by atoms with E-state index in [1.54, 1.807) is 24.3 Å². The van der Waals surface area contributed by atoms with Crippen LogP contribution in [0.3, 0.4) is 0 Å². The average molecular weight is 555 g/mol. The predicted molar refractivity (Wildman–Crippen MR) is 130 cm³/mol. The monoisotopic (exact) mass is 553 g/mol. The minimum absolute atomic E-state index is 0.120. The van der Waals surface area contributed by atoms with E-state index < -0.39 is 10.0 Å². The van der Waals surface area contributed by atoms with Gasteiger partial charge in [-0.3, -0.25) is 9.69 Å². The number of benzene rings is 1. The normalized spacial score (nSPS) is 18.8. The Labute approximate surface area is 209 Å². The molecule has 1 aromatic carbocycles. The first kappa shape index (κ1) is 25.3. The van der Waals surface area contributed by atoms with E-state index in [-0.39, 0.29) is 5.91 Å². The van der Waals surface area contributed by atoms with Crippen LogP contribution in [0.4, 0.5) is 0 Å². The number of sulfonamides is 1. The highest BCUT2D eigenvalue weighted by Crippen LogP contribution is 2.23. The summed E-state index contributed by atoms with van der Waals surface area (Å²) in [4.78, 5) is 21.3. The third-order valence-corrected chi connectivity index (χ3v) is 9.17. The molecular weight excluding hydrogens is 522 g/mol. The minimum atomic E-state index is -3.50. The lowest BCUT2D eigenvalue weighted by atomic mass is 9.94. The lowest BCUT2D eigenvalue weighted by Crippen LogP contribution is -2.48. The molecule has 0 spiro atoms. The molecule has 9 nitrogen and oxygen atoms in total. The highest BCUT2D eigenvalue weighted by atomic mass is 79.9. The Bertz CT molecular complexity index is 1060. The van der Waals surface area contributed by atoms with E-state index in [2.05, 4.69) is 31.0 Å². The van der Waals surface area contributed by atoms with Gasteiger partial charge in [-0.15, -0.1) is 0 Å². The second kappa shape index (κ2) is 11.3. The second-order valence-electron chi connectivity index (χ2n) is 9.03. The van der Waals surface area contributed by atoms with E-state index in [0.717, 1.165) is 17.3 Å². The van der Waals surface area contributed by atoms with Gasteiger partial charge in [-0.05, 0) is 37.1 Å². The maximum Gasteiger partial charge on any atom is 0.243 e. The molecule has 1 aliphatic carbocycles. The van der Waals surface area contributed by atoms with Crippen molar-refractivity contribution in [1.29, 1.82) is 0 Å². The molecule has 1 aliphatic heterocycles. The molecule has 1 aromatic heterocycles. The lowest BCUT2D eigenvalue weighted by molar-refractivity contribution is -0.132. The first-order valence-corrected chi connectivity index (χ1v) is 14.1. The summed E-state index contributed by atoms with van der Waals surface area (Å²) in [6, 6.07) is 7.05. The molecule has 2 heterocycles. The van der Waals surface area contributed by atoms with Gasteiger partial charge in [0.2, 0.25) is 21.8 Å². The predicted octanol–water partition coefficient (Wildman–Crippen LogP) is 3.06. The summed E-state index contributed by atoms with van der Waals surface area (Å²) in [6.45, 7) is 2.48. The number of nitrogens with zero attached hydrogens (tertiary/aromatic N) is 5. The number of rotatable bonds is 8. The molecule has 186 valence electrons. The van der Waals surface area contributed by atoms with E-state index >= 15 is 0 Å². The quantitative estimate of drug-likeness (QED) is 0.495. The van der Waals surface area contributed by atoms with Crippen LogP contribution in [-0.4, -0.2) is 77.8 Å². The van der Waals surface area contributed by atoms with Crippen molar-refractivity contribution in [1.82, 2.24) is 24.2 Å². The fraction of sp³-hybridized carbons (Fsp3) is 0.609. The zero-order chi connectivity index (χ0) is 24.1. The van der Waals surface area contributed by atoms with Crippen molar-refractivity contribution in [3.8, 4) is 0 Å². The Hall–Kier alpha value is -1.82. The zero-order valence-corrected chi connectivity index (χ0v) is 21.9. The van der Waals surface area contributed by atoms with Crippen LogP contribution < -0.4 is 0 Å². The third-order valence-electron chi connectivity index (χ3n) is 6.73. The van der Waals surface area contributed by atoms with E-state index in [9.17, 15) is 13.2 Å². The van der Waals surface area contributed by atoms with Crippen LogP contribution in [0.25, 0.3) is 0 Å². The number of carbonyl (C=O) groups is 1. The fourth-order valence-electron chi connectivity index (χ4n) is 4.60. The van der Waals surface area contributed by atoms with Gasteiger partial charge in [0.05, 0.1) is 11.4 Å². The topological polar surface area (TPSA) is 99.9 Å². The summed E-state index contributed by atoms with van der Waals surface area (Å²) in [5.41, 5.74) is 0. The van der Waals surface area contributed by atoms with Crippen LogP contribution in [0.5, 0.6) is 0 Å². The molecule has 0 unspecified atom stereocenters. The van der Waals surface area contributed by atoms with Crippen LogP contribution in [0.15, 0.2) is 38.2 Å².